The number of allylic oxidation sites excluding steroid dienone is 1. The summed E-state index contributed by atoms with van der Waals surface area (Å²) < 4.78 is 11.6. The van der Waals surface area contributed by atoms with Gasteiger partial charge in [0.05, 0.1) is 18.9 Å². The first-order valence-electron chi connectivity index (χ1n) is 6.83. The molecule has 0 aromatic heterocycles. The Morgan fingerprint density at radius 3 is 2.79 bits per heavy atom. The van der Waals surface area contributed by atoms with E-state index in [1.165, 1.54) is 0 Å². The second kappa shape index (κ2) is 4.82. The van der Waals surface area contributed by atoms with E-state index in [0.29, 0.717) is 0 Å². The van der Waals surface area contributed by atoms with Crippen molar-refractivity contribution in [2.24, 2.45) is 4.99 Å². The Kier molecular flexibility index (Phi) is 3.15. The molecule has 1 aromatic carbocycles. The molecule has 3 heteroatoms. The van der Waals surface area contributed by atoms with Gasteiger partial charge < -0.3 is 9.47 Å². The van der Waals surface area contributed by atoms with Crippen LogP contribution in [0.5, 0.6) is 0 Å². The number of nitrogens with zero attached hydrogens (tertiary/aromatic N) is 1. The molecule has 2 aliphatic rings. The molecule has 0 radical (unpaired) electrons. The highest BCUT2D eigenvalue weighted by Gasteiger charge is 2.44. The number of ether oxygens (including phenoxy) is 2. The smallest absolute Gasteiger partial charge is 0.217 e. The van der Waals surface area contributed by atoms with E-state index >= 15 is 0 Å². The van der Waals surface area contributed by atoms with E-state index in [2.05, 4.69) is 19.1 Å². The molecule has 1 spiro atoms. The maximum atomic E-state index is 6.11. The monoisotopic (exact) mass is 257 g/mol. The summed E-state index contributed by atoms with van der Waals surface area (Å²) >= 11 is 0. The van der Waals surface area contributed by atoms with Crippen molar-refractivity contribution in [3.63, 3.8) is 0 Å². The molecule has 0 N–H and O–H groups in total. The number of benzene rings is 1. The lowest BCUT2D eigenvalue weighted by atomic mass is 9.99. The molecule has 2 atom stereocenters. The van der Waals surface area contributed by atoms with E-state index in [0.717, 1.165) is 36.3 Å². The molecule has 0 saturated carbocycles. The second-order valence-electron chi connectivity index (χ2n) is 5.18. The number of hydrogen-bond acceptors (Lipinski definition) is 3. The SMILES string of the molecule is COC1=CC(c2ccccc2)=N[C@@]12CCC[C@@H](C)O2. The van der Waals surface area contributed by atoms with Gasteiger partial charge in [-0.2, -0.15) is 0 Å². The van der Waals surface area contributed by atoms with Gasteiger partial charge in [0, 0.05) is 12.5 Å². The first-order chi connectivity index (χ1) is 9.23. The van der Waals surface area contributed by atoms with Crippen LogP contribution in [0.15, 0.2) is 47.2 Å². The zero-order chi connectivity index (χ0) is 13.3. The molecule has 0 bridgehead atoms. The van der Waals surface area contributed by atoms with Crippen molar-refractivity contribution < 1.29 is 9.47 Å². The Labute approximate surface area is 114 Å². The van der Waals surface area contributed by atoms with Gasteiger partial charge in [0.2, 0.25) is 5.72 Å². The summed E-state index contributed by atoms with van der Waals surface area (Å²) in [6, 6.07) is 10.2. The van der Waals surface area contributed by atoms with Crippen molar-refractivity contribution in [2.75, 3.05) is 7.11 Å². The average Bonchev–Trinajstić information content (AvgIpc) is 2.78. The molecule has 1 fully saturated rings. The Hall–Kier alpha value is -1.61. The Bertz CT molecular complexity index is 521. The van der Waals surface area contributed by atoms with Crippen molar-refractivity contribution in [1.29, 1.82) is 0 Å². The first-order valence-corrected chi connectivity index (χ1v) is 6.83. The predicted molar refractivity (Wildman–Crippen MR) is 75.2 cm³/mol. The lowest BCUT2D eigenvalue weighted by Gasteiger charge is -2.35. The van der Waals surface area contributed by atoms with Crippen LogP contribution in [0.2, 0.25) is 0 Å². The highest BCUT2D eigenvalue weighted by molar-refractivity contribution is 6.10. The van der Waals surface area contributed by atoms with Gasteiger partial charge in [-0.1, -0.05) is 30.3 Å². The second-order valence-corrected chi connectivity index (χ2v) is 5.18. The minimum atomic E-state index is -0.586. The van der Waals surface area contributed by atoms with Gasteiger partial charge in [-0.25, -0.2) is 4.99 Å². The molecule has 0 unspecified atom stereocenters. The molecule has 19 heavy (non-hydrogen) atoms. The Morgan fingerprint density at radius 2 is 2.11 bits per heavy atom. The van der Waals surface area contributed by atoms with Gasteiger partial charge in [-0.05, 0) is 25.3 Å². The molecule has 2 heterocycles. The molecule has 1 aromatic rings. The summed E-state index contributed by atoms with van der Waals surface area (Å²) in [5.41, 5.74) is 1.47. The van der Waals surface area contributed by atoms with E-state index < -0.39 is 5.72 Å². The minimum absolute atomic E-state index is 0.228. The third kappa shape index (κ3) is 2.19. The van der Waals surface area contributed by atoms with Crippen LogP contribution in [-0.2, 0) is 9.47 Å². The molecular weight excluding hydrogens is 238 g/mol. The number of aliphatic imine (C=N–C) groups is 1. The normalized spacial score (nSPS) is 30.1. The van der Waals surface area contributed by atoms with Crippen molar-refractivity contribution in [2.45, 2.75) is 38.0 Å². The van der Waals surface area contributed by atoms with E-state index in [-0.39, 0.29) is 6.10 Å². The van der Waals surface area contributed by atoms with Crippen LogP contribution in [0.3, 0.4) is 0 Å². The highest BCUT2D eigenvalue weighted by atomic mass is 16.6. The van der Waals surface area contributed by atoms with E-state index in [4.69, 9.17) is 14.5 Å². The van der Waals surface area contributed by atoms with Crippen molar-refractivity contribution in [3.05, 3.63) is 47.7 Å². The average molecular weight is 257 g/mol. The summed E-state index contributed by atoms with van der Waals surface area (Å²) in [5, 5.41) is 0. The Balaban J connectivity index is 1.98. The van der Waals surface area contributed by atoms with Gasteiger partial charge in [-0.3, -0.25) is 0 Å². The molecule has 1 saturated heterocycles. The van der Waals surface area contributed by atoms with Crippen LogP contribution >= 0.6 is 0 Å². The van der Waals surface area contributed by atoms with E-state index in [1.54, 1.807) is 7.11 Å². The topological polar surface area (TPSA) is 30.8 Å². The predicted octanol–water partition coefficient (Wildman–Crippen LogP) is 3.30. The molecular formula is C16H19NO2. The maximum absolute atomic E-state index is 6.11. The third-order valence-electron chi connectivity index (χ3n) is 3.77. The number of methoxy groups -OCH3 is 1. The van der Waals surface area contributed by atoms with Crippen molar-refractivity contribution >= 4 is 5.71 Å². The lowest BCUT2D eigenvalue weighted by molar-refractivity contribution is -0.112. The fraction of sp³-hybridized carbons (Fsp3) is 0.438. The summed E-state index contributed by atoms with van der Waals surface area (Å²) in [6.07, 6.45) is 5.34. The fourth-order valence-corrected chi connectivity index (χ4v) is 2.84. The fourth-order valence-electron chi connectivity index (χ4n) is 2.84. The first kappa shape index (κ1) is 12.4. The minimum Gasteiger partial charge on any atom is -0.496 e. The molecule has 3 nitrogen and oxygen atoms in total. The zero-order valence-corrected chi connectivity index (χ0v) is 11.4. The number of rotatable bonds is 2. The third-order valence-corrected chi connectivity index (χ3v) is 3.77. The molecule has 100 valence electrons. The van der Waals surface area contributed by atoms with Crippen molar-refractivity contribution in [3.8, 4) is 0 Å². The number of hydrogen-bond donors (Lipinski definition) is 0. The molecule has 2 aliphatic heterocycles. The van der Waals surface area contributed by atoms with Crippen LogP contribution in [0.1, 0.15) is 31.7 Å². The quantitative estimate of drug-likeness (QED) is 0.814. The van der Waals surface area contributed by atoms with Crippen LogP contribution < -0.4 is 0 Å². The highest BCUT2D eigenvalue weighted by Crippen LogP contribution is 2.40. The van der Waals surface area contributed by atoms with Crippen LogP contribution in [0.4, 0.5) is 0 Å². The van der Waals surface area contributed by atoms with Crippen molar-refractivity contribution in [1.82, 2.24) is 0 Å². The molecule has 0 amide bonds. The van der Waals surface area contributed by atoms with Gasteiger partial charge in [0.25, 0.3) is 0 Å². The van der Waals surface area contributed by atoms with Gasteiger partial charge in [0.1, 0.15) is 0 Å². The standard InChI is InChI=1S/C16H19NO2/c1-12-7-6-10-16(19-12)15(18-2)11-14(17-16)13-8-4-3-5-9-13/h3-5,8-9,11-12H,6-7,10H2,1-2H3/t12-,16-/m1/s1. The summed E-state index contributed by atoms with van der Waals surface area (Å²) in [5.74, 6) is 0.831. The van der Waals surface area contributed by atoms with E-state index in [1.807, 2.05) is 24.3 Å². The maximum Gasteiger partial charge on any atom is 0.217 e. The zero-order valence-electron chi connectivity index (χ0n) is 11.4. The summed E-state index contributed by atoms with van der Waals surface area (Å²) in [7, 11) is 1.69. The van der Waals surface area contributed by atoms with Gasteiger partial charge in [-0.15, -0.1) is 0 Å². The summed E-state index contributed by atoms with van der Waals surface area (Å²) in [4.78, 5) is 4.83. The van der Waals surface area contributed by atoms with Gasteiger partial charge >= 0.3 is 0 Å². The largest absolute Gasteiger partial charge is 0.496 e. The van der Waals surface area contributed by atoms with Gasteiger partial charge in [0.15, 0.2) is 5.76 Å². The Morgan fingerprint density at radius 1 is 1.32 bits per heavy atom. The molecule has 3 rings (SSSR count). The van der Waals surface area contributed by atoms with Crippen LogP contribution in [-0.4, -0.2) is 24.7 Å². The van der Waals surface area contributed by atoms with Crippen LogP contribution in [0, 0.1) is 0 Å². The molecule has 0 aliphatic carbocycles. The van der Waals surface area contributed by atoms with Crippen LogP contribution in [0.25, 0.3) is 0 Å². The summed E-state index contributed by atoms with van der Waals surface area (Å²) in [6.45, 7) is 2.10. The van der Waals surface area contributed by atoms with E-state index in [9.17, 15) is 0 Å². The lowest BCUT2D eigenvalue weighted by Crippen LogP contribution is -2.39.